The summed E-state index contributed by atoms with van der Waals surface area (Å²) in [5.41, 5.74) is 0.276. The van der Waals surface area contributed by atoms with Crippen LogP contribution in [0.1, 0.15) is 5.01 Å². The summed E-state index contributed by atoms with van der Waals surface area (Å²) >= 11 is -0.689. The normalized spacial score (nSPS) is 13.3. The molecule has 1 N–H and O–H groups in total. The predicted molar refractivity (Wildman–Crippen MR) is 54.1 cm³/mol. The fourth-order valence-corrected chi connectivity index (χ4v) is 2.72. The van der Waals surface area contributed by atoms with Crippen LogP contribution in [0.3, 0.4) is 0 Å². The molecule has 1 unspecified atom stereocenters. The van der Waals surface area contributed by atoms with Crippen molar-refractivity contribution in [1.29, 1.82) is 0 Å². The molecule has 0 amide bonds. The predicted octanol–water partition coefficient (Wildman–Crippen LogP) is 2.16. The summed E-state index contributed by atoms with van der Waals surface area (Å²) in [4.78, 5) is 3.94. The summed E-state index contributed by atoms with van der Waals surface area (Å²) in [5.74, 6) is -0.438. The fourth-order valence-electron chi connectivity index (χ4n) is 1.13. The zero-order chi connectivity index (χ0) is 10.1. The van der Waals surface area contributed by atoms with Gasteiger partial charge in [0, 0.05) is 0 Å². The van der Waals surface area contributed by atoms with E-state index in [0.29, 0.717) is 9.71 Å². The molecule has 0 saturated carbocycles. The molecular formula is C8H6FNO2S2. The minimum atomic E-state index is -1.92. The van der Waals surface area contributed by atoms with E-state index in [4.69, 9.17) is 4.55 Å². The van der Waals surface area contributed by atoms with Gasteiger partial charge in [0.05, 0.1) is 4.70 Å². The molecule has 74 valence electrons. The smallest absolute Gasteiger partial charge is 0.159 e. The van der Waals surface area contributed by atoms with Gasteiger partial charge in [-0.25, -0.2) is 13.6 Å². The van der Waals surface area contributed by atoms with Crippen molar-refractivity contribution in [3.05, 3.63) is 29.0 Å². The van der Waals surface area contributed by atoms with E-state index in [1.807, 2.05) is 0 Å². The largest absolute Gasteiger partial charge is 0.306 e. The Hall–Kier alpha value is -0.850. The summed E-state index contributed by atoms with van der Waals surface area (Å²) in [5, 5.41) is 0.478. The second-order valence-corrected chi connectivity index (χ2v) is 4.71. The minimum Gasteiger partial charge on any atom is -0.306 e. The van der Waals surface area contributed by atoms with E-state index < -0.39 is 16.9 Å². The summed E-state index contributed by atoms with van der Waals surface area (Å²) in [6.45, 7) is 0. The molecule has 0 aliphatic carbocycles. The lowest BCUT2D eigenvalue weighted by Crippen LogP contribution is -1.91. The highest BCUT2D eigenvalue weighted by molar-refractivity contribution is 7.78. The maximum Gasteiger partial charge on any atom is 0.159 e. The Morgan fingerprint density at radius 3 is 3.00 bits per heavy atom. The molecule has 0 radical (unpaired) electrons. The average Bonchev–Trinajstić information content (AvgIpc) is 2.47. The Labute approximate surface area is 85.9 Å². The number of aromatic nitrogens is 1. The lowest BCUT2D eigenvalue weighted by atomic mass is 10.3. The number of para-hydroxylation sites is 1. The summed E-state index contributed by atoms with van der Waals surface area (Å²) in [6, 6.07) is 4.65. The van der Waals surface area contributed by atoms with Crippen LogP contribution in [0, 0.1) is 5.82 Å². The van der Waals surface area contributed by atoms with Gasteiger partial charge in [-0.05, 0) is 12.1 Å². The first-order valence-electron chi connectivity index (χ1n) is 3.78. The molecule has 0 spiro atoms. The van der Waals surface area contributed by atoms with Crippen molar-refractivity contribution in [3.8, 4) is 0 Å². The topological polar surface area (TPSA) is 50.2 Å². The maximum atomic E-state index is 13.1. The Morgan fingerprint density at radius 2 is 2.36 bits per heavy atom. The number of hydrogen-bond donors (Lipinski definition) is 1. The Kier molecular flexibility index (Phi) is 2.58. The van der Waals surface area contributed by atoms with Gasteiger partial charge in [-0.15, -0.1) is 11.3 Å². The third kappa shape index (κ3) is 1.82. The molecular weight excluding hydrogens is 225 g/mol. The van der Waals surface area contributed by atoms with E-state index in [1.54, 1.807) is 12.1 Å². The number of rotatable bonds is 2. The average molecular weight is 231 g/mol. The van der Waals surface area contributed by atoms with E-state index in [0.717, 1.165) is 0 Å². The standard InChI is InChI=1S/C8H6FNO2S2/c9-5-2-1-3-6-8(5)10-7(13-6)4-14(11)12/h1-3H,4H2,(H,11,12). The first kappa shape index (κ1) is 9.70. The minimum absolute atomic E-state index is 0.0429. The number of hydrogen-bond acceptors (Lipinski definition) is 3. The van der Waals surface area contributed by atoms with Gasteiger partial charge < -0.3 is 4.55 Å². The molecule has 6 heteroatoms. The summed E-state index contributed by atoms with van der Waals surface area (Å²) in [7, 11) is 0. The molecule has 1 aromatic heterocycles. The van der Waals surface area contributed by atoms with E-state index in [9.17, 15) is 8.60 Å². The summed E-state index contributed by atoms with van der Waals surface area (Å²) < 4.78 is 33.0. The van der Waals surface area contributed by atoms with Gasteiger partial charge in [0.2, 0.25) is 0 Å². The van der Waals surface area contributed by atoms with Gasteiger partial charge in [-0.1, -0.05) is 6.07 Å². The van der Waals surface area contributed by atoms with E-state index in [1.165, 1.54) is 17.4 Å². The lowest BCUT2D eigenvalue weighted by Gasteiger charge is -1.87. The van der Waals surface area contributed by atoms with Crippen LogP contribution >= 0.6 is 11.3 Å². The molecule has 0 saturated heterocycles. The zero-order valence-corrected chi connectivity index (χ0v) is 8.57. The van der Waals surface area contributed by atoms with Crippen LogP contribution in [0.2, 0.25) is 0 Å². The van der Waals surface area contributed by atoms with Crippen LogP contribution in [-0.2, 0) is 16.8 Å². The maximum absolute atomic E-state index is 13.1. The van der Waals surface area contributed by atoms with Crippen molar-refractivity contribution in [2.24, 2.45) is 0 Å². The van der Waals surface area contributed by atoms with Crippen molar-refractivity contribution < 1.29 is 13.2 Å². The third-order valence-electron chi connectivity index (χ3n) is 1.66. The van der Waals surface area contributed by atoms with E-state index in [-0.39, 0.29) is 11.3 Å². The van der Waals surface area contributed by atoms with Gasteiger partial charge in [-0.2, -0.15) is 0 Å². The first-order chi connectivity index (χ1) is 6.66. The van der Waals surface area contributed by atoms with Crippen molar-refractivity contribution >= 4 is 32.6 Å². The van der Waals surface area contributed by atoms with Crippen molar-refractivity contribution in [3.63, 3.8) is 0 Å². The lowest BCUT2D eigenvalue weighted by molar-refractivity contribution is 0.563. The van der Waals surface area contributed by atoms with Crippen LogP contribution in [0.4, 0.5) is 4.39 Å². The molecule has 2 rings (SSSR count). The van der Waals surface area contributed by atoms with Crippen molar-refractivity contribution in [1.82, 2.24) is 4.98 Å². The molecule has 1 heterocycles. The molecule has 0 fully saturated rings. The number of halogens is 1. The van der Waals surface area contributed by atoms with Crippen LogP contribution in [-0.4, -0.2) is 13.7 Å². The Morgan fingerprint density at radius 1 is 1.57 bits per heavy atom. The van der Waals surface area contributed by atoms with Gasteiger partial charge in [0.1, 0.15) is 22.1 Å². The van der Waals surface area contributed by atoms with E-state index >= 15 is 0 Å². The quantitative estimate of drug-likeness (QED) is 0.806. The van der Waals surface area contributed by atoms with Gasteiger partial charge in [-0.3, -0.25) is 0 Å². The molecule has 0 aliphatic heterocycles. The highest BCUT2D eigenvalue weighted by Crippen LogP contribution is 2.24. The Bertz CT molecular complexity index is 497. The Balaban J connectivity index is 2.51. The monoisotopic (exact) mass is 231 g/mol. The third-order valence-corrected chi connectivity index (χ3v) is 3.38. The van der Waals surface area contributed by atoms with Crippen LogP contribution < -0.4 is 0 Å². The highest BCUT2D eigenvalue weighted by atomic mass is 32.2. The number of fused-ring (bicyclic) bond motifs is 1. The first-order valence-corrected chi connectivity index (χ1v) is 5.87. The highest BCUT2D eigenvalue weighted by Gasteiger charge is 2.08. The zero-order valence-electron chi connectivity index (χ0n) is 6.94. The van der Waals surface area contributed by atoms with Crippen molar-refractivity contribution in [2.75, 3.05) is 0 Å². The van der Waals surface area contributed by atoms with Crippen LogP contribution in [0.25, 0.3) is 10.2 Å². The summed E-state index contributed by atoms with van der Waals surface area (Å²) in [6.07, 6.45) is 0. The van der Waals surface area contributed by atoms with Gasteiger partial charge >= 0.3 is 0 Å². The number of benzene rings is 1. The molecule has 0 bridgehead atoms. The molecule has 0 aliphatic rings. The van der Waals surface area contributed by atoms with Crippen molar-refractivity contribution in [2.45, 2.75) is 5.75 Å². The van der Waals surface area contributed by atoms with Crippen LogP contribution in [0.15, 0.2) is 18.2 Å². The second kappa shape index (κ2) is 3.72. The number of nitrogens with zero attached hydrogens (tertiary/aromatic N) is 1. The van der Waals surface area contributed by atoms with Gasteiger partial charge in [0.15, 0.2) is 11.1 Å². The van der Waals surface area contributed by atoms with Crippen LogP contribution in [0.5, 0.6) is 0 Å². The number of thiazole rings is 1. The SMILES string of the molecule is O=S(O)Cc1nc2c(F)cccc2s1. The molecule has 14 heavy (non-hydrogen) atoms. The van der Waals surface area contributed by atoms with Gasteiger partial charge in [0.25, 0.3) is 0 Å². The fraction of sp³-hybridized carbons (Fsp3) is 0.125. The molecule has 1 aromatic carbocycles. The molecule has 3 nitrogen and oxygen atoms in total. The van der Waals surface area contributed by atoms with E-state index in [2.05, 4.69) is 4.98 Å². The second-order valence-electron chi connectivity index (χ2n) is 2.66. The molecule has 1 atom stereocenters. The molecule has 2 aromatic rings.